The summed E-state index contributed by atoms with van der Waals surface area (Å²) < 4.78 is 40.3. The van der Waals surface area contributed by atoms with Gasteiger partial charge in [0, 0.05) is 26.1 Å². The summed E-state index contributed by atoms with van der Waals surface area (Å²) in [6.07, 6.45) is -1.94. The maximum Gasteiger partial charge on any atom is 0.436 e. The summed E-state index contributed by atoms with van der Waals surface area (Å²) in [4.78, 5) is 0. The Balaban J connectivity index is 2.06. The fourth-order valence-electron chi connectivity index (χ4n) is 2.07. The third-order valence-electron chi connectivity index (χ3n) is 3.22. The number of hydrogen-bond donors (Lipinski definition) is 2. The molecule has 1 aromatic rings. The van der Waals surface area contributed by atoms with Gasteiger partial charge in [-0.05, 0) is 47.4 Å². The zero-order valence-corrected chi connectivity index (χ0v) is 13.8. The van der Waals surface area contributed by atoms with Gasteiger partial charge in [0.2, 0.25) is 0 Å². The molecule has 1 saturated carbocycles. The summed E-state index contributed by atoms with van der Waals surface area (Å²) in [7, 11) is 1.71. The highest BCUT2D eigenvalue weighted by Gasteiger charge is 2.41. The van der Waals surface area contributed by atoms with Gasteiger partial charge in [0.05, 0.1) is 10.2 Å². The maximum absolute atomic E-state index is 12.9. The van der Waals surface area contributed by atoms with E-state index in [1.807, 2.05) is 0 Å². The number of rotatable bonds is 5. The molecule has 0 saturated heterocycles. The van der Waals surface area contributed by atoms with Gasteiger partial charge in [-0.25, -0.2) is 0 Å². The molecule has 9 heteroatoms. The average molecular weight is 385 g/mol. The first-order chi connectivity index (χ1) is 9.84. The molecule has 1 fully saturated rings. The normalized spacial score (nSPS) is 15.1. The Hall–Kier alpha value is -0.830. The molecule has 0 aliphatic heterocycles. The van der Waals surface area contributed by atoms with Crippen LogP contribution in [0.2, 0.25) is 0 Å². The Labute approximate surface area is 134 Å². The molecule has 1 aromatic heterocycles. The summed E-state index contributed by atoms with van der Waals surface area (Å²) in [6.45, 7) is 1.02. The summed E-state index contributed by atoms with van der Waals surface area (Å²) in [6, 6.07) is 0. The average Bonchev–Trinajstić information content (AvgIpc) is 3.17. The van der Waals surface area contributed by atoms with E-state index in [1.165, 1.54) is 4.68 Å². The number of hydrogen-bond acceptors (Lipinski definition) is 2. The van der Waals surface area contributed by atoms with Crippen LogP contribution >= 0.6 is 28.1 Å². The molecule has 1 heterocycles. The standard InChI is InChI=1S/C12H16BrF3N4S/c1-17-11(21)18-5-2-6-20-9(7-3-4-7)8(13)10(19-20)12(14,15)16/h7H,2-6H2,1H3,(H2,17,18,21). The molecule has 1 aliphatic carbocycles. The number of aryl methyl sites for hydroxylation is 1. The van der Waals surface area contributed by atoms with E-state index in [-0.39, 0.29) is 10.4 Å². The van der Waals surface area contributed by atoms with E-state index in [4.69, 9.17) is 12.2 Å². The van der Waals surface area contributed by atoms with E-state index in [9.17, 15) is 13.2 Å². The Morgan fingerprint density at radius 1 is 1.48 bits per heavy atom. The third kappa shape index (κ3) is 4.09. The predicted octanol–water partition coefficient (Wildman–Crippen LogP) is 3.03. The molecule has 0 atom stereocenters. The number of halogens is 4. The lowest BCUT2D eigenvalue weighted by molar-refractivity contribution is -0.142. The molecule has 0 radical (unpaired) electrons. The number of thiocarbonyl (C=S) groups is 1. The molecule has 0 spiro atoms. The number of nitrogens with one attached hydrogen (secondary N) is 2. The second-order valence-electron chi connectivity index (χ2n) is 4.90. The highest BCUT2D eigenvalue weighted by Crippen LogP contribution is 2.46. The first-order valence-electron chi connectivity index (χ1n) is 6.63. The molecule has 4 nitrogen and oxygen atoms in total. The van der Waals surface area contributed by atoms with Crippen molar-refractivity contribution >= 4 is 33.3 Å². The second-order valence-corrected chi connectivity index (χ2v) is 6.10. The molecular formula is C12H16BrF3N4S. The van der Waals surface area contributed by atoms with Gasteiger partial charge in [0.1, 0.15) is 0 Å². The topological polar surface area (TPSA) is 41.9 Å². The number of alkyl halides is 3. The fourth-order valence-corrected chi connectivity index (χ4v) is 3.01. The minimum Gasteiger partial charge on any atom is -0.366 e. The van der Waals surface area contributed by atoms with Crippen molar-refractivity contribution in [3.8, 4) is 0 Å². The zero-order chi connectivity index (χ0) is 15.6. The molecule has 0 unspecified atom stereocenters. The highest BCUT2D eigenvalue weighted by atomic mass is 79.9. The molecule has 2 N–H and O–H groups in total. The van der Waals surface area contributed by atoms with Gasteiger partial charge in [0.25, 0.3) is 0 Å². The number of nitrogens with zero attached hydrogens (tertiary/aromatic N) is 2. The van der Waals surface area contributed by atoms with Crippen LogP contribution in [0.5, 0.6) is 0 Å². The third-order valence-corrected chi connectivity index (χ3v) is 4.35. The lowest BCUT2D eigenvalue weighted by Gasteiger charge is -2.09. The van der Waals surface area contributed by atoms with Crippen molar-refractivity contribution in [2.24, 2.45) is 0 Å². The SMILES string of the molecule is CNC(=S)NCCCn1nc(C(F)(F)F)c(Br)c1C1CC1. The van der Waals surface area contributed by atoms with Crippen molar-refractivity contribution < 1.29 is 13.2 Å². The predicted molar refractivity (Wildman–Crippen MR) is 81.2 cm³/mol. The van der Waals surface area contributed by atoms with Gasteiger partial charge >= 0.3 is 6.18 Å². The van der Waals surface area contributed by atoms with E-state index in [0.717, 1.165) is 12.8 Å². The van der Waals surface area contributed by atoms with Gasteiger partial charge in [-0.1, -0.05) is 0 Å². The Kier molecular flexibility index (Phi) is 5.13. The van der Waals surface area contributed by atoms with E-state index >= 15 is 0 Å². The molecule has 118 valence electrons. The van der Waals surface area contributed by atoms with Gasteiger partial charge in [-0.2, -0.15) is 18.3 Å². The van der Waals surface area contributed by atoms with Crippen molar-refractivity contribution in [1.82, 2.24) is 20.4 Å². The van der Waals surface area contributed by atoms with Crippen molar-refractivity contribution in [3.05, 3.63) is 15.9 Å². The van der Waals surface area contributed by atoms with Crippen molar-refractivity contribution in [3.63, 3.8) is 0 Å². The molecule has 1 aliphatic rings. The van der Waals surface area contributed by atoms with Crippen LogP contribution in [0.25, 0.3) is 0 Å². The first-order valence-corrected chi connectivity index (χ1v) is 7.83. The van der Waals surface area contributed by atoms with Crippen LogP contribution in [-0.4, -0.2) is 28.5 Å². The van der Waals surface area contributed by atoms with Crippen LogP contribution in [-0.2, 0) is 12.7 Å². The highest BCUT2D eigenvalue weighted by molar-refractivity contribution is 9.10. The lowest BCUT2D eigenvalue weighted by atomic mass is 10.2. The van der Waals surface area contributed by atoms with Crippen molar-refractivity contribution in [1.29, 1.82) is 0 Å². The van der Waals surface area contributed by atoms with Crippen LogP contribution in [0, 0.1) is 0 Å². The monoisotopic (exact) mass is 384 g/mol. The second kappa shape index (κ2) is 6.51. The Bertz CT molecular complexity index is 525. The summed E-state index contributed by atoms with van der Waals surface area (Å²) >= 11 is 8.01. The largest absolute Gasteiger partial charge is 0.436 e. The Morgan fingerprint density at radius 3 is 2.67 bits per heavy atom. The number of aromatic nitrogens is 2. The van der Waals surface area contributed by atoms with Gasteiger partial charge in [-0.3, -0.25) is 4.68 Å². The fraction of sp³-hybridized carbons (Fsp3) is 0.667. The minimum absolute atomic E-state index is 0.0937. The molecular weight excluding hydrogens is 369 g/mol. The van der Waals surface area contributed by atoms with Gasteiger partial charge < -0.3 is 10.6 Å². The lowest BCUT2D eigenvalue weighted by Crippen LogP contribution is -2.33. The molecule has 0 bridgehead atoms. The van der Waals surface area contributed by atoms with E-state index in [0.29, 0.717) is 30.3 Å². The molecule has 0 aromatic carbocycles. The maximum atomic E-state index is 12.9. The summed E-state index contributed by atoms with van der Waals surface area (Å²) in [5.74, 6) is 0.189. The van der Waals surface area contributed by atoms with E-state index < -0.39 is 11.9 Å². The van der Waals surface area contributed by atoms with Gasteiger partial charge in [-0.15, -0.1) is 0 Å². The Morgan fingerprint density at radius 2 is 2.14 bits per heavy atom. The van der Waals surface area contributed by atoms with Crippen molar-refractivity contribution in [2.45, 2.75) is 37.9 Å². The smallest absolute Gasteiger partial charge is 0.366 e. The molecule has 21 heavy (non-hydrogen) atoms. The van der Waals surface area contributed by atoms with Crippen LogP contribution in [0.4, 0.5) is 13.2 Å². The van der Waals surface area contributed by atoms with E-state index in [2.05, 4.69) is 31.7 Å². The van der Waals surface area contributed by atoms with Crippen molar-refractivity contribution in [2.75, 3.05) is 13.6 Å². The zero-order valence-electron chi connectivity index (χ0n) is 11.4. The van der Waals surface area contributed by atoms with Crippen LogP contribution in [0.3, 0.4) is 0 Å². The summed E-state index contributed by atoms with van der Waals surface area (Å²) in [5.41, 5.74) is -0.165. The van der Waals surface area contributed by atoms with Crippen LogP contribution < -0.4 is 10.6 Å². The molecule has 2 rings (SSSR count). The minimum atomic E-state index is -4.43. The quantitative estimate of drug-likeness (QED) is 0.604. The molecule has 0 amide bonds. The van der Waals surface area contributed by atoms with E-state index in [1.54, 1.807) is 7.05 Å². The van der Waals surface area contributed by atoms with Crippen LogP contribution in [0.1, 0.15) is 36.6 Å². The van der Waals surface area contributed by atoms with Crippen LogP contribution in [0.15, 0.2) is 4.47 Å². The van der Waals surface area contributed by atoms with Gasteiger partial charge in [0.15, 0.2) is 10.8 Å². The summed E-state index contributed by atoms with van der Waals surface area (Å²) in [5, 5.41) is 10.0. The first kappa shape index (κ1) is 16.5.